The first-order chi connectivity index (χ1) is 15.6. The number of carbonyl (C=O) groups excluding carboxylic acids is 2. The number of carbonyl (C=O) groups is 2. The molecule has 2 aromatic carbocycles. The van der Waals surface area contributed by atoms with Gasteiger partial charge in [-0.05, 0) is 42.3 Å². The zero-order chi connectivity index (χ0) is 22.5. The van der Waals surface area contributed by atoms with Crippen molar-refractivity contribution in [3.8, 4) is 17.0 Å². The average molecular weight is 452 g/mol. The summed E-state index contributed by atoms with van der Waals surface area (Å²) in [4.78, 5) is 31.4. The van der Waals surface area contributed by atoms with Crippen LogP contribution in [0, 0.1) is 0 Å². The minimum atomic E-state index is -0.267. The number of nitrogens with one attached hydrogen (secondary N) is 1. The molecule has 1 aliphatic rings. The summed E-state index contributed by atoms with van der Waals surface area (Å²) in [7, 11) is 1.67. The largest absolute Gasteiger partial charge is 0.482 e. The first-order valence-corrected chi connectivity index (χ1v) is 11.3. The minimum Gasteiger partial charge on any atom is -0.482 e. The number of thiazole rings is 1. The van der Waals surface area contributed by atoms with Crippen LogP contribution in [-0.4, -0.2) is 43.7 Å². The molecule has 166 valence electrons. The summed E-state index contributed by atoms with van der Waals surface area (Å²) >= 11 is 1.57. The van der Waals surface area contributed by atoms with Crippen LogP contribution in [0.3, 0.4) is 0 Å². The molecule has 3 aromatic rings. The third kappa shape index (κ3) is 4.98. The van der Waals surface area contributed by atoms with Gasteiger partial charge in [0.1, 0.15) is 12.3 Å². The highest BCUT2D eigenvalue weighted by molar-refractivity contribution is 7.09. The molecule has 0 atom stereocenters. The van der Waals surface area contributed by atoms with Gasteiger partial charge in [-0.25, -0.2) is 4.98 Å². The van der Waals surface area contributed by atoms with Gasteiger partial charge in [0.05, 0.1) is 23.0 Å². The molecule has 2 amide bonds. The van der Waals surface area contributed by atoms with E-state index in [4.69, 9.17) is 9.47 Å². The minimum absolute atomic E-state index is 0.0929. The smallest absolute Gasteiger partial charge is 0.265 e. The maximum Gasteiger partial charge on any atom is 0.265 e. The summed E-state index contributed by atoms with van der Waals surface area (Å²) in [6.45, 7) is 2.51. The average Bonchev–Trinajstić information content (AvgIpc) is 3.29. The molecule has 7 nitrogen and oxygen atoms in total. The molecule has 0 aliphatic carbocycles. The summed E-state index contributed by atoms with van der Waals surface area (Å²) < 4.78 is 10.7. The molecule has 1 aromatic heterocycles. The fourth-order valence-electron chi connectivity index (χ4n) is 3.45. The van der Waals surface area contributed by atoms with E-state index in [0.717, 1.165) is 29.1 Å². The predicted octanol–water partition coefficient (Wildman–Crippen LogP) is 3.93. The predicted molar refractivity (Wildman–Crippen MR) is 125 cm³/mol. The van der Waals surface area contributed by atoms with Crippen LogP contribution in [0.2, 0.25) is 0 Å². The van der Waals surface area contributed by atoms with Crippen LogP contribution in [0.4, 0.5) is 11.4 Å². The third-order valence-electron chi connectivity index (χ3n) is 5.22. The highest BCUT2D eigenvalue weighted by atomic mass is 32.1. The van der Waals surface area contributed by atoms with E-state index in [1.54, 1.807) is 18.4 Å². The Hall–Kier alpha value is -3.23. The van der Waals surface area contributed by atoms with Crippen molar-refractivity contribution >= 4 is 34.5 Å². The summed E-state index contributed by atoms with van der Waals surface area (Å²) in [6.07, 6.45) is 1.68. The van der Waals surface area contributed by atoms with Crippen molar-refractivity contribution in [1.82, 2.24) is 4.98 Å². The Morgan fingerprint density at radius 2 is 2.06 bits per heavy atom. The fourth-order valence-corrected chi connectivity index (χ4v) is 4.24. The van der Waals surface area contributed by atoms with Gasteiger partial charge < -0.3 is 14.8 Å². The van der Waals surface area contributed by atoms with Gasteiger partial charge >= 0.3 is 0 Å². The molecule has 1 N–H and O–H groups in total. The van der Waals surface area contributed by atoms with Crippen LogP contribution in [0.5, 0.6) is 5.75 Å². The molecule has 0 bridgehead atoms. The second-order valence-electron chi connectivity index (χ2n) is 7.42. The number of nitrogens with zero attached hydrogens (tertiary/aromatic N) is 2. The van der Waals surface area contributed by atoms with E-state index in [1.165, 1.54) is 10.5 Å². The first kappa shape index (κ1) is 22.0. The monoisotopic (exact) mass is 451 g/mol. The van der Waals surface area contributed by atoms with E-state index in [9.17, 15) is 9.59 Å². The van der Waals surface area contributed by atoms with Gasteiger partial charge in [0.2, 0.25) is 5.91 Å². The van der Waals surface area contributed by atoms with Crippen LogP contribution in [0.25, 0.3) is 11.3 Å². The number of rotatable bonds is 8. The molecule has 0 radical (unpaired) electrons. The molecule has 0 saturated carbocycles. The molecule has 4 rings (SSSR count). The van der Waals surface area contributed by atoms with Gasteiger partial charge in [-0.2, -0.15) is 0 Å². The van der Waals surface area contributed by atoms with E-state index >= 15 is 0 Å². The zero-order valence-corrected chi connectivity index (χ0v) is 18.9. The molecule has 0 fully saturated rings. The Labute approximate surface area is 191 Å². The number of hydrogen-bond donors (Lipinski definition) is 1. The number of amides is 2. The van der Waals surface area contributed by atoms with Gasteiger partial charge in [0.25, 0.3) is 5.91 Å². The van der Waals surface area contributed by atoms with Gasteiger partial charge in [0, 0.05) is 30.2 Å². The maximum atomic E-state index is 12.7. The fraction of sp³-hybridized carbons (Fsp3) is 0.292. The summed E-state index contributed by atoms with van der Waals surface area (Å²) in [5, 5.41) is 5.83. The van der Waals surface area contributed by atoms with Crippen molar-refractivity contribution in [2.45, 2.75) is 19.8 Å². The lowest BCUT2D eigenvalue weighted by atomic mass is 10.1. The zero-order valence-electron chi connectivity index (χ0n) is 18.1. The molecular formula is C24H25N3O4S. The topological polar surface area (TPSA) is 80.8 Å². The Bertz CT molecular complexity index is 1110. The normalized spacial score (nSPS) is 12.9. The third-order valence-corrected chi connectivity index (χ3v) is 6.13. The van der Waals surface area contributed by atoms with Crippen LogP contribution in [-0.2, 0) is 27.2 Å². The standard InChI is InChI=1S/C24H25N3O4S/c1-3-16-4-7-18(8-5-16)25-22(28)13-27-20-12-17(6-9-21(20)31-14-24(27)29)19-15-32-23(26-19)10-11-30-2/h4-9,12,15H,3,10-11,13-14H2,1-2H3,(H,25,28). The maximum absolute atomic E-state index is 12.7. The molecule has 1 aliphatic heterocycles. The van der Waals surface area contributed by atoms with Crippen molar-refractivity contribution < 1.29 is 19.1 Å². The van der Waals surface area contributed by atoms with E-state index in [2.05, 4.69) is 17.2 Å². The summed E-state index contributed by atoms with van der Waals surface area (Å²) in [5.74, 6) is 0.0461. The Kier molecular flexibility index (Phi) is 6.82. The first-order valence-electron chi connectivity index (χ1n) is 10.5. The Balaban J connectivity index is 1.52. The van der Waals surface area contributed by atoms with E-state index in [1.807, 2.05) is 47.8 Å². The van der Waals surface area contributed by atoms with Crippen LogP contribution in [0.15, 0.2) is 47.8 Å². The van der Waals surface area contributed by atoms with E-state index in [-0.39, 0.29) is 25.0 Å². The van der Waals surface area contributed by atoms with Gasteiger partial charge in [-0.1, -0.05) is 19.1 Å². The molecule has 32 heavy (non-hydrogen) atoms. The van der Waals surface area contributed by atoms with Crippen LogP contribution >= 0.6 is 11.3 Å². The van der Waals surface area contributed by atoms with Crippen molar-refractivity contribution in [3.05, 3.63) is 58.4 Å². The Morgan fingerprint density at radius 3 is 2.81 bits per heavy atom. The highest BCUT2D eigenvalue weighted by Crippen LogP contribution is 2.36. The highest BCUT2D eigenvalue weighted by Gasteiger charge is 2.28. The molecule has 8 heteroatoms. The molecule has 2 heterocycles. The quantitative estimate of drug-likeness (QED) is 0.561. The molecular weight excluding hydrogens is 426 g/mol. The number of aromatic nitrogens is 1. The van der Waals surface area contributed by atoms with Crippen molar-refractivity contribution in [3.63, 3.8) is 0 Å². The van der Waals surface area contributed by atoms with Gasteiger partial charge in [-0.15, -0.1) is 11.3 Å². The summed E-state index contributed by atoms with van der Waals surface area (Å²) in [5.41, 5.74) is 4.15. The van der Waals surface area contributed by atoms with Crippen LogP contribution < -0.4 is 15.0 Å². The SMILES string of the molecule is CCc1ccc(NC(=O)CN2C(=O)COc3ccc(-c4csc(CCOC)n4)cc32)cc1. The number of anilines is 2. The lowest BCUT2D eigenvalue weighted by Gasteiger charge is -2.29. The molecule has 0 unspecified atom stereocenters. The molecule has 0 saturated heterocycles. The van der Waals surface area contributed by atoms with Crippen molar-refractivity contribution in [2.24, 2.45) is 0 Å². The number of benzene rings is 2. The number of methoxy groups -OCH3 is 1. The number of fused-ring (bicyclic) bond motifs is 1. The van der Waals surface area contributed by atoms with Gasteiger partial charge in [0.15, 0.2) is 6.61 Å². The van der Waals surface area contributed by atoms with Crippen molar-refractivity contribution in [1.29, 1.82) is 0 Å². The lowest BCUT2D eigenvalue weighted by molar-refractivity contribution is -0.123. The Morgan fingerprint density at radius 1 is 1.25 bits per heavy atom. The second kappa shape index (κ2) is 9.93. The number of hydrogen-bond acceptors (Lipinski definition) is 6. The number of aryl methyl sites for hydroxylation is 1. The van der Waals surface area contributed by atoms with Crippen LogP contribution in [0.1, 0.15) is 17.5 Å². The lowest BCUT2D eigenvalue weighted by Crippen LogP contribution is -2.43. The van der Waals surface area contributed by atoms with E-state index < -0.39 is 0 Å². The van der Waals surface area contributed by atoms with E-state index in [0.29, 0.717) is 23.7 Å². The van der Waals surface area contributed by atoms with Gasteiger partial charge in [-0.3, -0.25) is 14.5 Å². The number of ether oxygens (including phenoxy) is 2. The van der Waals surface area contributed by atoms with Crippen molar-refractivity contribution in [2.75, 3.05) is 37.1 Å². The summed E-state index contributed by atoms with van der Waals surface area (Å²) in [6, 6.07) is 13.3. The second-order valence-corrected chi connectivity index (χ2v) is 8.36. The molecule has 0 spiro atoms.